The molecule has 15 heavy (non-hydrogen) atoms. The quantitative estimate of drug-likeness (QED) is 0.654. The minimum absolute atomic E-state index is 0.108. The molecular weight excluding hydrogens is 188 g/mol. The average molecular weight is 202 g/mol. The highest BCUT2D eigenvalue weighted by atomic mass is 16.5. The molecule has 0 saturated carbocycles. The summed E-state index contributed by atoms with van der Waals surface area (Å²) in [6.07, 6.45) is 2.26. The molecule has 0 bridgehead atoms. The number of carbonyl (C=O) groups is 1. The standard InChI is InChI=1S/C13H14O2/c1-9-7-12(15-13(14)8-9)11-6-4-3-5-10(11)2/h3-6,8,12H,7H2,1-2H3. The van der Waals surface area contributed by atoms with Crippen LogP contribution >= 0.6 is 0 Å². The molecule has 2 nitrogen and oxygen atoms in total. The average Bonchev–Trinajstić information content (AvgIpc) is 2.16. The van der Waals surface area contributed by atoms with E-state index in [0.717, 1.165) is 17.6 Å². The maximum atomic E-state index is 11.3. The summed E-state index contributed by atoms with van der Waals surface area (Å²) in [5.41, 5.74) is 3.36. The van der Waals surface area contributed by atoms with Gasteiger partial charge in [-0.05, 0) is 25.0 Å². The molecule has 78 valence electrons. The zero-order valence-corrected chi connectivity index (χ0v) is 8.99. The number of ether oxygens (including phenoxy) is 1. The van der Waals surface area contributed by atoms with Crippen molar-refractivity contribution < 1.29 is 9.53 Å². The van der Waals surface area contributed by atoms with Gasteiger partial charge in [0.15, 0.2) is 0 Å². The first-order chi connectivity index (χ1) is 7.16. The molecule has 0 aliphatic carbocycles. The third-order valence-electron chi connectivity index (χ3n) is 2.67. The second-order valence-electron chi connectivity index (χ2n) is 3.98. The van der Waals surface area contributed by atoms with Crippen molar-refractivity contribution in [1.29, 1.82) is 0 Å². The van der Waals surface area contributed by atoms with Crippen LogP contribution in [-0.2, 0) is 9.53 Å². The number of carbonyl (C=O) groups excluding carboxylic acids is 1. The van der Waals surface area contributed by atoms with Gasteiger partial charge in [-0.2, -0.15) is 0 Å². The smallest absolute Gasteiger partial charge is 0.331 e. The Kier molecular flexibility index (Phi) is 2.58. The van der Waals surface area contributed by atoms with Gasteiger partial charge < -0.3 is 4.74 Å². The molecule has 2 heteroatoms. The van der Waals surface area contributed by atoms with Crippen molar-refractivity contribution in [3.63, 3.8) is 0 Å². The summed E-state index contributed by atoms with van der Waals surface area (Å²) in [5.74, 6) is -0.230. The van der Waals surface area contributed by atoms with Crippen LogP contribution in [0.25, 0.3) is 0 Å². The largest absolute Gasteiger partial charge is 0.454 e. The predicted octanol–water partition coefficient (Wildman–Crippen LogP) is 2.93. The molecule has 0 spiro atoms. The molecular formula is C13H14O2. The number of rotatable bonds is 1. The summed E-state index contributed by atoms with van der Waals surface area (Å²) in [5, 5.41) is 0. The van der Waals surface area contributed by atoms with Crippen LogP contribution in [0.1, 0.15) is 30.6 Å². The van der Waals surface area contributed by atoms with E-state index in [1.165, 1.54) is 5.56 Å². The Hall–Kier alpha value is -1.57. The summed E-state index contributed by atoms with van der Waals surface area (Å²) in [7, 11) is 0. The summed E-state index contributed by atoms with van der Waals surface area (Å²) in [6.45, 7) is 4.00. The van der Waals surface area contributed by atoms with Crippen LogP contribution in [0.3, 0.4) is 0 Å². The van der Waals surface area contributed by atoms with Gasteiger partial charge in [0.2, 0.25) is 0 Å². The van der Waals surface area contributed by atoms with Crippen molar-refractivity contribution in [2.75, 3.05) is 0 Å². The summed E-state index contributed by atoms with van der Waals surface area (Å²) in [6, 6.07) is 8.03. The minimum Gasteiger partial charge on any atom is -0.454 e. The van der Waals surface area contributed by atoms with E-state index in [2.05, 4.69) is 0 Å². The molecule has 1 heterocycles. The van der Waals surface area contributed by atoms with Gasteiger partial charge in [0.25, 0.3) is 0 Å². The van der Waals surface area contributed by atoms with E-state index in [9.17, 15) is 4.79 Å². The summed E-state index contributed by atoms with van der Waals surface area (Å²) < 4.78 is 5.31. The molecule has 1 aromatic carbocycles. The Morgan fingerprint density at radius 1 is 1.27 bits per heavy atom. The molecule has 0 N–H and O–H groups in total. The van der Waals surface area contributed by atoms with E-state index in [4.69, 9.17) is 4.74 Å². The van der Waals surface area contributed by atoms with Gasteiger partial charge in [0, 0.05) is 12.5 Å². The summed E-state index contributed by atoms with van der Waals surface area (Å²) >= 11 is 0. The van der Waals surface area contributed by atoms with Gasteiger partial charge in [-0.1, -0.05) is 29.8 Å². The van der Waals surface area contributed by atoms with Crippen LogP contribution in [0.4, 0.5) is 0 Å². The van der Waals surface area contributed by atoms with Crippen LogP contribution in [0, 0.1) is 6.92 Å². The first-order valence-corrected chi connectivity index (χ1v) is 5.10. The molecule has 2 rings (SSSR count). The second-order valence-corrected chi connectivity index (χ2v) is 3.98. The van der Waals surface area contributed by atoms with Crippen molar-refractivity contribution in [3.05, 3.63) is 47.0 Å². The van der Waals surface area contributed by atoms with Gasteiger partial charge in [-0.3, -0.25) is 0 Å². The van der Waals surface area contributed by atoms with Crippen molar-refractivity contribution in [1.82, 2.24) is 0 Å². The highest BCUT2D eigenvalue weighted by molar-refractivity contribution is 5.83. The van der Waals surface area contributed by atoms with E-state index >= 15 is 0 Å². The lowest BCUT2D eigenvalue weighted by Crippen LogP contribution is -2.16. The SMILES string of the molecule is CC1=CC(=O)OC(c2ccccc2C)C1. The van der Waals surface area contributed by atoms with Gasteiger partial charge in [-0.15, -0.1) is 0 Å². The Balaban J connectivity index is 2.30. The number of hydrogen-bond acceptors (Lipinski definition) is 2. The fourth-order valence-electron chi connectivity index (χ4n) is 1.89. The number of esters is 1. The molecule has 0 amide bonds. The Labute approximate surface area is 89.6 Å². The maximum Gasteiger partial charge on any atom is 0.331 e. The fraction of sp³-hybridized carbons (Fsp3) is 0.308. The van der Waals surface area contributed by atoms with Crippen LogP contribution in [0.2, 0.25) is 0 Å². The topological polar surface area (TPSA) is 26.3 Å². The third kappa shape index (κ3) is 2.09. The monoisotopic (exact) mass is 202 g/mol. The maximum absolute atomic E-state index is 11.3. The first kappa shape index (κ1) is 9.97. The Morgan fingerprint density at radius 3 is 2.67 bits per heavy atom. The lowest BCUT2D eigenvalue weighted by Gasteiger charge is -2.23. The number of cyclic esters (lactones) is 1. The molecule has 0 saturated heterocycles. The van der Waals surface area contributed by atoms with Crippen LogP contribution in [0.15, 0.2) is 35.9 Å². The zero-order valence-electron chi connectivity index (χ0n) is 8.99. The normalized spacial score (nSPS) is 20.8. The first-order valence-electron chi connectivity index (χ1n) is 5.10. The highest BCUT2D eigenvalue weighted by Gasteiger charge is 2.22. The second kappa shape index (κ2) is 3.89. The van der Waals surface area contributed by atoms with Crippen molar-refractivity contribution in [3.8, 4) is 0 Å². The van der Waals surface area contributed by atoms with Crippen LogP contribution in [0.5, 0.6) is 0 Å². The lowest BCUT2D eigenvalue weighted by molar-refractivity contribution is -0.144. The summed E-state index contributed by atoms with van der Waals surface area (Å²) in [4.78, 5) is 11.3. The van der Waals surface area contributed by atoms with E-state index in [0.29, 0.717) is 0 Å². The van der Waals surface area contributed by atoms with Crippen LogP contribution < -0.4 is 0 Å². The fourth-order valence-corrected chi connectivity index (χ4v) is 1.89. The van der Waals surface area contributed by atoms with Crippen molar-refractivity contribution >= 4 is 5.97 Å². The van der Waals surface area contributed by atoms with E-state index in [-0.39, 0.29) is 12.1 Å². The predicted molar refractivity (Wildman–Crippen MR) is 58.4 cm³/mol. The van der Waals surface area contributed by atoms with Gasteiger partial charge in [0.05, 0.1) is 0 Å². The van der Waals surface area contributed by atoms with Gasteiger partial charge in [0.1, 0.15) is 6.10 Å². The number of benzene rings is 1. The third-order valence-corrected chi connectivity index (χ3v) is 2.67. The van der Waals surface area contributed by atoms with Crippen LogP contribution in [-0.4, -0.2) is 5.97 Å². The molecule has 0 fully saturated rings. The molecule has 0 radical (unpaired) electrons. The van der Waals surface area contributed by atoms with E-state index < -0.39 is 0 Å². The molecule has 1 atom stereocenters. The van der Waals surface area contributed by atoms with Gasteiger partial charge in [-0.25, -0.2) is 4.79 Å². The lowest BCUT2D eigenvalue weighted by atomic mass is 9.96. The molecule has 1 aliphatic heterocycles. The molecule has 1 unspecified atom stereocenters. The Bertz CT molecular complexity index is 418. The van der Waals surface area contributed by atoms with Crippen molar-refractivity contribution in [2.24, 2.45) is 0 Å². The number of aryl methyl sites for hydroxylation is 1. The molecule has 1 aliphatic rings. The highest BCUT2D eigenvalue weighted by Crippen LogP contribution is 2.30. The van der Waals surface area contributed by atoms with E-state index in [1.807, 2.05) is 38.1 Å². The number of hydrogen-bond donors (Lipinski definition) is 0. The minimum atomic E-state index is -0.230. The zero-order chi connectivity index (χ0) is 10.8. The molecule has 1 aromatic rings. The van der Waals surface area contributed by atoms with Crippen molar-refractivity contribution in [2.45, 2.75) is 26.4 Å². The Morgan fingerprint density at radius 2 is 2.00 bits per heavy atom. The van der Waals surface area contributed by atoms with Gasteiger partial charge >= 0.3 is 5.97 Å². The molecule has 0 aromatic heterocycles. The van der Waals surface area contributed by atoms with E-state index in [1.54, 1.807) is 6.08 Å².